The molecule has 0 aliphatic heterocycles. The van der Waals surface area contributed by atoms with Crippen LogP contribution in [0.4, 0.5) is 0 Å². The van der Waals surface area contributed by atoms with Crippen LogP contribution in [0, 0.1) is 0 Å². The van der Waals surface area contributed by atoms with Crippen LogP contribution in [0.3, 0.4) is 0 Å². The van der Waals surface area contributed by atoms with E-state index in [1.807, 2.05) is 0 Å². The average Bonchev–Trinajstić information content (AvgIpc) is 2.60. The van der Waals surface area contributed by atoms with E-state index in [1.54, 1.807) is 54.6 Å². The molecule has 0 bridgehead atoms. The van der Waals surface area contributed by atoms with Gasteiger partial charge in [-0.15, -0.1) is 0 Å². The van der Waals surface area contributed by atoms with Crippen molar-refractivity contribution in [2.45, 2.75) is 5.25 Å². The molecule has 1 atom stereocenters. The van der Waals surface area contributed by atoms with Crippen molar-refractivity contribution in [1.29, 1.82) is 0 Å². The van der Waals surface area contributed by atoms with Crippen molar-refractivity contribution in [3.05, 3.63) is 71.8 Å². The van der Waals surface area contributed by atoms with Crippen LogP contribution < -0.4 is 9.62 Å². The predicted octanol–water partition coefficient (Wildman–Crippen LogP) is 2.64. The summed E-state index contributed by atoms with van der Waals surface area (Å²) in [5.74, 6) is 0.395. The van der Waals surface area contributed by atoms with Crippen molar-refractivity contribution in [3.63, 3.8) is 0 Å². The lowest BCUT2D eigenvalue weighted by Crippen LogP contribution is -2.25. The van der Waals surface area contributed by atoms with Crippen LogP contribution >= 0.6 is 0 Å². The average molecular weight is 335 g/mol. The van der Waals surface area contributed by atoms with E-state index in [0.29, 0.717) is 16.9 Å². The zero-order chi connectivity index (χ0) is 16.9. The normalized spacial score (nSPS) is 13.6. The largest absolute Gasteiger partial charge is 0.508 e. The maximum atomic E-state index is 12.0. The predicted molar refractivity (Wildman–Crippen MR) is 86.6 cm³/mol. The van der Waals surface area contributed by atoms with E-state index in [0.717, 1.165) is 6.08 Å². The molecule has 0 heterocycles. The van der Waals surface area contributed by atoms with Crippen molar-refractivity contribution >= 4 is 15.8 Å². The summed E-state index contributed by atoms with van der Waals surface area (Å²) in [6, 6.07) is 14.8. The van der Waals surface area contributed by atoms with E-state index >= 15 is 0 Å². The molecule has 0 fully saturated rings. The van der Waals surface area contributed by atoms with Gasteiger partial charge in [0.25, 0.3) is 0 Å². The lowest BCUT2D eigenvalue weighted by molar-refractivity contribution is 0.241. The number of sulfonamides is 1. The zero-order valence-electron chi connectivity index (χ0n) is 12.4. The minimum atomic E-state index is -4.08. The van der Waals surface area contributed by atoms with E-state index in [4.69, 9.17) is 9.94 Å². The molecule has 122 valence electrons. The highest BCUT2D eigenvalue weighted by atomic mass is 32.2. The first-order valence-corrected chi connectivity index (χ1v) is 8.27. The summed E-state index contributed by atoms with van der Waals surface area (Å²) in [6.45, 7) is 0. The molecule has 0 saturated heterocycles. The van der Waals surface area contributed by atoms with Crippen molar-refractivity contribution in [3.8, 4) is 5.75 Å². The molecule has 6 nitrogen and oxygen atoms in total. The molecule has 0 spiro atoms. The van der Waals surface area contributed by atoms with Gasteiger partial charge in [0.2, 0.25) is 10.0 Å². The van der Waals surface area contributed by atoms with Gasteiger partial charge in [-0.1, -0.05) is 35.2 Å². The Morgan fingerprint density at radius 1 is 1.13 bits per heavy atom. The molecule has 1 unspecified atom stereocenters. The van der Waals surface area contributed by atoms with E-state index in [1.165, 1.54) is 12.0 Å². The zero-order valence-corrected chi connectivity index (χ0v) is 13.2. The molecule has 23 heavy (non-hydrogen) atoms. The SMILES string of the molecule is COc1ccc(/C(O)=C/C(c2ccccc2)S(=O)(=O)NO)cc1. The first kappa shape index (κ1) is 17.0. The topological polar surface area (TPSA) is 95.9 Å². The number of hydrogen-bond donors (Lipinski definition) is 3. The third kappa shape index (κ3) is 4.10. The fraction of sp³-hybridized carbons (Fsp3) is 0.125. The number of ether oxygens (including phenoxy) is 1. The second kappa shape index (κ2) is 7.28. The van der Waals surface area contributed by atoms with E-state index in [-0.39, 0.29) is 5.76 Å². The Labute approximate surface area is 134 Å². The molecule has 3 N–H and O–H groups in total. The smallest absolute Gasteiger partial charge is 0.244 e. The molecule has 0 aromatic heterocycles. The Morgan fingerprint density at radius 3 is 2.26 bits per heavy atom. The van der Waals surface area contributed by atoms with Gasteiger partial charge >= 0.3 is 0 Å². The van der Waals surface area contributed by atoms with Gasteiger partial charge in [-0.05, 0) is 35.9 Å². The molecule has 0 amide bonds. The Kier molecular flexibility index (Phi) is 5.38. The summed E-state index contributed by atoms with van der Waals surface area (Å²) in [5, 5.41) is 17.9. The van der Waals surface area contributed by atoms with Crippen molar-refractivity contribution < 1.29 is 23.5 Å². The van der Waals surface area contributed by atoms with Crippen LogP contribution in [-0.4, -0.2) is 25.8 Å². The van der Waals surface area contributed by atoms with Crippen LogP contribution in [0.5, 0.6) is 5.75 Å². The van der Waals surface area contributed by atoms with Gasteiger partial charge in [0.05, 0.1) is 7.11 Å². The van der Waals surface area contributed by atoms with Crippen molar-refractivity contribution in [1.82, 2.24) is 4.89 Å². The quantitative estimate of drug-likeness (QED) is 0.557. The Bertz CT molecular complexity index is 770. The number of hydrogen-bond acceptors (Lipinski definition) is 5. The molecule has 2 rings (SSSR count). The van der Waals surface area contributed by atoms with E-state index < -0.39 is 15.3 Å². The van der Waals surface area contributed by atoms with Gasteiger partial charge in [-0.2, -0.15) is 0 Å². The second-order valence-corrected chi connectivity index (χ2v) is 6.53. The molecular weight excluding hydrogens is 318 g/mol. The fourth-order valence-electron chi connectivity index (χ4n) is 2.07. The molecule has 0 aliphatic carbocycles. The summed E-state index contributed by atoms with van der Waals surface area (Å²) >= 11 is 0. The highest BCUT2D eigenvalue weighted by Crippen LogP contribution is 2.27. The molecule has 2 aromatic rings. The first-order chi connectivity index (χ1) is 11.0. The third-order valence-corrected chi connectivity index (χ3v) is 4.62. The van der Waals surface area contributed by atoms with Crippen molar-refractivity contribution in [2.24, 2.45) is 0 Å². The molecule has 2 aromatic carbocycles. The summed E-state index contributed by atoms with van der Waals surface area (Å²) in [5.41, 5.74) is 0.842. The van der Waals surface area contributed by atoms with E-state index in [2.05, 4.69) is 0 Å². The van der Waals surface area contributed by atoms with Crippen molar-refractivity contribution in [2.75, 3.05) is 7.11 Å². The van der Waals surface area contributed by atoms with Crippen LogP contribution in [0.25, 0.3) is 5.76 Å². The number of methoxy groups -OCH3 is 1. The van der Waals surface area contributed by atoms with Gasteiger partial charge in [-0.25, -0.2) is 8.42 Å². The van der Waals surface area contributed by atoms with Crippen LogP contribution in [0.2, 0.25) is 0 Å². The molecule has 7 heteroatoms. The Morgan fingerprint density at radius 2 is 1.74 bits per heavy atom. The number of aliphatic hydroxyl groups excluding tert-OH is 1. The van der Waals surface area contributed by atoms with Gasteiger partial charge in [-0.3, -0.25) is 0 Å². The number of aliphatic hydroxyl groups is 1. The van der Waals surface area contributed by atoms with Crippen LogP contribution in [0.15, 0.2) is 60.7 Å². The minimum absolute atomic E-state index is 0.222. The van der Waals surface area contributed by atoms with Gasteiger partial charge in [0.15, 0.2) is 0 Å². The monoisotopic (exact) mass is 335 g/mol. The number of benzene rings is 2. The molecule has 0 saturated carbocycles. The summed E-state index contributed by atoms with van der Waals surface area (Å²) in [6.07, 6.45) is 1.16. The van der Waals surface area contributed by atoms with E-state index in [9.17, 15) is 13.5 Å². The molecule has 0 aliphatic rings. The molecule has 0 radical (unpaired) electrons. The maximum absolute atomic E-state index is 12.0. The highest BCUT2D eigenvalue weighted by Gasteiger charge is 2.25. The van der Waals surface area contributed by atoms with Crippen LogP contribution in [-0.2, 0) is 10.0 Å². The molecular formula is C16H17NO5S. The van der Waals surface area contributed by atoms with Gasteiger partial charge < -0.3 is 15.1 Å². The Balaban J connectivity index is 2.43. The Hall–Kier alpha value is -2.35. The second-order valence-electron chi connectivity index (χ2n) is 4.75. The summed E-state index contributed by atoms with van der Waals surface area (Å²) < 4.78 is 29.1. The first-order valence-electron chi connectivity index (χ1n) is 6.73. The third-order valence-electron chi connectivity index (χ3n) is 3.28. The lowest BCUT2D eigenvalue weighted by atomic mass is 10.1. The van der Waals surface area contributed by atoms with Gasteiger partial charge in [0, 0.05) is 5.56 Å². The lowest BCUT2D eigenvalue weighted by Gasteiger charge is -2.14. The maximum Gasteiger partial charge on any atom is 0.244 e. The highest BCUT2D eigenvalue weighted by molar-refractivity contribution is 7.89. The standard InChI is InChI=1S/C16H17NO5S/c1-22-14-9-7-12(8-10-14)15(18)11-16(23(20,21)17-19)13-5-3-2-4-6-13/h2-11,16-19H,1H3/b15-11-. The van der Waals surface area contributed by atoms with Crippen LogP contribution in [0.1, 0.15) is 16.4 Å². The summed E-state index contributed by atoms with van der Waals surface area (Å²) in [4.78, 5) is 1.31. The number of nitrogens with one attached hydrogen (secondary N) is 1. The van der Waals surface area contributed by atoms with Gasteiger partial charge in [0.1, 0.15) is 16.8 Å². The minimum Gasteiger partial charge on any atom is -0.508 e. The fourth-order valence-corrected chi connectivity index (χ4v) is 3.00. The number of rotatable bonds is 6. The summed E-state index contributed by atoms with van der Waals surface area (Å²) in [7, 11) is -2.56.